The van der Waals surface area contributed by atoms with E-state index in [1.54, 1.807) is 6.20 Å². The SMILES string of the molecule is CC(C)n1cc(-c2nn(C(C)C)c3ccnc(N)c23)nn1. The van der Waals surface area contributed by atoms with Crippen LogP contribution >= 0.6 is 0 Å². The largest absolute Gasteiger partial charge is 0.383 e. The summed E-state index contributed by atoms with van der Waals surface area (Å²) in [5.74, 6) is 0.466. The van der Waals surface area contributed by atoms with Crippen molar-refractivity contribution in [1.82, 2.24) is 29.8 Å². The summed E-state index contributed by atoms with van der Waals surface area (Å²) in [5.41, 5.74) is 8.47. The Labute approximate surface area is 122 Å². The summed E-state index contributed by atoms with van der Waals surface area (Å²) in [5, 5.41) is 13.9. The maximum Gasteiger partial charge on any atom is 0.135 e. The molecule has 0 saturated heterocycles. The first kappa shape index (κ1) is 13.5. The maximum absolute atomic E-state index is 6.06. The van der Waals surface area contributed by atoms with Gasteiger partial charge in [0.2, 0.25) is 0 Å². The quantitative estimate of drug-likeness (QED) is 0.798. The van der Waals surface area contributed by atoms with E-state index in [-0.39, 0.29) is 12.1 Å². The molecular weight excluding hydrogens is 266 g/mol. The number of rotatable bonds is 3. The number of nitrogens with zero attached hydrogens (tertiary/aromatic N) is 6. The Kier molecular flexibility index (Phi) is 3.12. The van der Waals surface area contributed by atoms with E-state index in [0.717, 1.165) is 16.6 Å². The Bertz CT molecular complexity index is 782. The van der Waals surface area contributed by atoms with Crippen LogP contribution in [0, 0.1) is 0 Å². The zero-order valence-corrected chi connectivity index (χ0v) is 12.6. The number of anilines is 1. The minimum atomic E-state index is 0.225. The van der Waals surface area contributed by atoms with Gasteiger partial charge in [0, 0.05) is 18.3 Å². The van der Waals surface area contributed by atoms with Crippen molar-refractivity contribution in [2.24, 2.45) is 0 Å². The molecule has 2 N–H and O–H groups in total. The normalized spacial score (nSPS) is 11.9. The summed E-state index contributed by atoms with van der Waals surface area (Å²) >= 11 is 0. The molecule has 7 nitrogen and oxygen atoms in total. The van der Waals surface area contributed by atoms with Crippen LogP contribution in [-0.4, -0.2) is 29.8 Å². The van der Waals surface area contributed by atoms with Crippen molar-refractivity contribution in [3.63, 3.8) is 0 Å². The van der Waals surface area contributed by atoms with Crippen LogP contribution < -0.4 is 5.73 Å². The lowest BCUT2D eigenvalue weighted by Crippen LogP contribution is -2.02. The standard InChI is InChI=1S/C14H19N7/c1-8(2)20-7-10(17-19-20)13-12-11(5-6-16-14(12)15)21(18-13)9(3)4/h5-9H,1-4H3,(H2,15,16). The average Bonchev–Trinajstić information content (AvgIpc) is 3.03. The third kappa shape index (κ3) is 2.14. The lowest BCUT2D eigenvalue weighted by molar-refractivity contribution is 0.514. The number of hydrogen-bond donors (Lipinski definition) is 1. The Balaban J connectivity index is 2.26. The van der Waals surface area contributed by atoms with Crippen molar-refractivity contribution >= 4 is 16.7 Å². The number of aromatic nitrogens is 6. The first-order chi connectivity index (χ1) is 9.99. The van der Waals surface area contributed by atoms with E-state index in [9.17, 15) is 0 Å². The van der Waals surface area contributed by atoms with Gasteiger partial charge < -0.3 is 5.73 Å². The van der Waals surface area contributed by atoms with Crippen molar-refractivity contribution in [3.8, 4) is 11.4 Å². The first-order valence-electron chi connectivity index (χ1n) is 7.04. The van der Waals surface area contributed by atoms with Crippen LogP contribution in [-0.2, 0) is 0 Å². The second-order valence-electron chi connectivity index (χ2n) is 5.65. The highest BCUT2D eigenvalue weighted by Gasteiger charge is 2.19. The molecule has 3 aromatic heterocycles. The fourth-order valence-electron chi connectivity index (χ4n) is 2.32. The lowest BCUT2D eigenvalue weighted by atomic mass is 10.2. The van der Waals surface area contributed by atoms with Gasteiger partial charge in [-0.15, -0.1) is 5.10 Å². The molecule has 110 valence electrons. The molecule has 0 bridgehead atoms. The predicted octanol–water partition coefficient (Wildman–Crippen LogP) is 2.43. The van der Waals surface area contributed by atoms with Gasteiger partial charge in [0.15, 0.2) is 0 Å². The Morgan fingerprint density at radius 1 is 1.14 bits per heavy atom. The predicted molar refractivity (Wildman–Crippen MR) is 81.7 cm³/mol. The molecule has 3 aromatic rings. The first-order valence-corrected chi connectivity index (χ1v) is 7.04. The van der Waals surface area contributed by atoms with Crippen molar-refractivity contribution in [1.29, 1.82) is 0 Å². The Hall–Kier alpha value is -2.44. The van der Waals surface area contributed by atoms with E-state index in [1.807, 2.05) is 21.6 Å². The molecule has 0 radical (unpaired) electrons. The molecule has 0 unspecified atom stereocenters. The smallest absolute Gasteiger partial charge is 0.135 e. The summed E-state index contributed by atoms with van der Waals surface area (Å²) in [4.78, 5) is 4.18. The van der Waals surface area contributed by atoms with Crippen LogP contribution in [0.2, 0.25) is 0 Å². The molecule has 0 atom stereocenters. The molecule has 0 fully saturated rings. The van der Waals surface area contributed by atoms with Crippen LogP contribution in [0.25, 0.3) is 22.3 Å². The van der Waals surface area contributed by atoms with E-state index < -0.39 is 0 Å². The van der Waals surface area contributed by atoms with Gasteiger partial charge in [-0.25, -0.2) is 9.67 Å². The zero-order valence-electron chi connectivity index (χ0n) is 12.6. The highest BCUT2D eigenvalue weighted by molar-refractivity contribution is 5.99. The van der Waals surface area contributed by atoms with Gasteiger partial charge in [-0.05, 0) is 33.8 Å². The van der Waals surface area contributed by atoms with E-state index in [2.05, 4.69) is 48.1 Å². The molecule has 0 aliphatic rings. The van der Waals surface area contributed by atoms with Crippen molar-refractivity contribution in [2.45, 2.75) is 39.8 Å². The molecule has 0 aromatic carbocycles. The van der Waals surface area contributed by atoms with Gasteiger partial charge in [-0.2, -0.15) is 5.10 Å². The number of nitrogen functional groups attached to an aromatic ring is 1. The average molecular weight is 285 g/mol. The van der Waals surface area contributed by atoms with Crippen LogP contribution in [0.5, 0.6) is 0 Å². The number of hydrogen-bond acceptors (Lipinski definition) is 5. The number of nitrogens with two attached hydrogens (primary N) is 1. The van der Waals surface area contributed by atoms with Gasteiger partial charge in [0.25, 0.3) is 0 Å². The summed E-state index contributed by atoms with van der Waals surface area (Å²) in [7, 11) is 0. The number of fused-ring (bicyclic) bond motifs is 1. The number of pyridine rings is 1. The maximum atomic E-state index is 6.06. The zero-order chi connectivity index (χ0) is 15.1. The Morgan fingerprint density at radius 3 is 2.52 bits per heavy atom. The molecule has 0 spiro atoms. The van der Waals surface area contributed by atoms with E-state index in [4.69, 9.17) is 5.73 Å². The second kappa shape index (κ2) is 4.83. The summed E-state index contributed by atoms with van der Waals surface area (Å²) in [6.45, 7) is 8.27. The molecule has 0 amide bonds. The van der Waals surface area contributed by atoms with Crippen molar-refractivity contribution in [2.75, 3.05) is 5.73 Å². The van der Waals surface area contributed by atoms with Crippen LogP contribution in [0.4, 0.5) is 5.82 Å². The fraction of sp³-hybridized carbons (Fsp3) is 0.429. The minimum Gasteiger partial charge on any atom is -0.383 e. The minimum absolute atomic E-state index is 0.225. The van der Waals surface area contributed by atoms with Crippen LogP contribution in [0.15, 0.2) is 18.5 Å². The van der Waals surface area contributed by atoms with Crippen molar-refractivity contribution < 1.29 is 0 Å². The molecule has 3 rings (SSSR count). The molecule has 0 saturated carbocycles. The molecule has 21 heavy (non-hydrogen) atoms. The monoisotopic (exact) mass is 285 g/mol. The summed E-state index contributed by atoms with van der Waals surface area (Å²) in [6, 6.07) is 2.40. The summed E-state index contributed by atoms with van der Waals surface area (Å²) in [6.07, 6.45) is 3.59. The van der Waals surface area contributed by atoms with Gasteiger partial charge in [0.1, 0.15) is 17.2 Å². The third-order valence-corrected chi connectivity index (χ3v) is 3.42. The van der Waals surface area contributed by atoms with Gasteiger partial charge >= 0.3 is 0 Å². The molecule has 7 heteroatoms. The van der Waals surface area contributed by atoms with Gasteiger partial charge in [0.05, 0.1) is 17.1 Å². The van der Waals surface area contributed by atoms with Crippen LogP contribution in [0.1, 0.15) is 39.8 Å². The lowest BCUT2D eigenvalue weighted by Gasteiger charge is -2.06. The highest BCUT2D eigenvalue weighted by Crippen LogP contribution is 2.31. The highest BCUT2D eigenvalue weighted by atomic mass is 15.4. The third-order valence-electron chi connectivity index (χ3n) is 3.42. The second-order valence-corrected chi connectivity index (χ2v) is 5.65. The van der Waals surface area contributed by atoms with E-state index in [1.165, 1.54) is 0 Å². The van der Waals surface area contributed by atoms with E-state index >= 15 is 0 Å². The van der Waals surface area contributed by atoms with E-state index in [0.29, 0.717) is 11.5 Å². The van der Waals surface area contributed by atoms with Gasteiger partial charge in [-0.1, -0.05) is 5.21 Å². The fourth-order valence-corrected chi connectivity index (χ4v) is 2.32. The Morgan fingerprint density at radius 2 is 1.90 bits per heavy atom. The van der Waals surface area contributed by atoms with Gasteiger partial charge in [-0.3, -0.25) is 4.68 Å². The van der Waals surface area contributed by atoms with Crippen molar-refractivity contribution in [3.05, 3.63) is 18.5 Å². The molecule has 0 aliphatic heterocycles. The topological polar surface area (TPSA) is 87.4 Å². The summed E-state index contributed by atoms with van der Waals surface area (Å²) < 4.78 is 3.75. The molecule has 3 heterocycles. The molecule has 0 aliphatic carbocycles. The molecular formula is C14H19N7. The van der Waals surface area contributed by atoms with Crippen LogP contribution in [0.3, 0.4) is 0 Å².